The van der Waals surface area contributed by atoms with Crippen LogP contribution in [0.4, 0.5) is 15.9 Å². The highest BCUT2D eigenvalue weighted by atomic mass is 35.5. The number of nitrogens with zero attached hydrogens (tertiary/aromatic N) is 3. The van der Waals surface area contributed by atoms with Crippen molar-refractivity contribution in [3.8, 4) is 11.5 Å². The van der Waals surface area contributed by atoms with E-state index in [1.165, 1.54) is 18.5 Å². The van der Waals surface area contributed by atoms with Crippen LogP contribution < -0.4 is 14.8 Å². The summed E-state index contributed by atoms with van der Waals surface area (Å²) in [6.07, 6.45) is 4.37. The molecule has 1 unspecified atom stereocenters. The largest absolute Gasteiger partial charge is 0.493 e. The number of hydrogen-bond donors (Lipinski definition) is 2. The molecule has 1 saturated heterocycles. The highest BCUT2D eigenvalue weighted by Gasteiger charge is 2.54. The van der Waals surface area contributed by atoms with E-state index in [9.17, 15) is 9.50 Å². The third-order valence-corrected chi connectivity index (χ3v) is 6.84. The van der Waals surface area contributed by atoms with Gasteiger partial charge in [-0.25, -0.2) is 14.4 Å². The number of likely N-dealkylation sites (tertiary alicyclic amines) is 1. The van der Waals surface area contributed by atoms with Crippen LogP contribution in [-0.4, -0.2) is 59.4 Å². The van der Waals surface area contributed by atoms with Crippen molar-refractivity contribution in [2.45, 2.75) is 25.4 Å². The second kappa shape index (κ2) is 8.93. The maximum atomic E-state index is 13.5. The molecule has 2 heterocycles. The Bertz CT molecular complexity index is 1170. The number of anilines is 2. The molecule has 1 spiro atoms. The van der Waals surface area contributed by atoms with Crippen LogP contribution in [0.5, 0.6) is 11.5 Å². The Morgan fingerprint density at radius 3 is 2.82 bits per heavy atom. The summed E-state index contributed by atoms with van der Waals surface area (Å²) in [5.74, 6) is 1.26. The molecule has 9 heteroatoms. The Morgan fingerprint density at radius 1 is 1.24 bits per heavy atom. The van der Waals surface area contributed by atoms with Gasteiger partial charge in [0.25, 0.3) is 0 Å². The van der Waals surface area contributed by atoms with Gasteiger partial charge in [0.1, 0.15) is 18.0 Å². The second-order valence-electron chi connectivity index (χ2n) is 8.81. The summed E-state index contributed by atoms with van der Waals surface area (Å²) in [6.45, 7) is 3.13. The van der Waals surface area contributed by atoms with Gasteiger partial charge in [-0.3, -0.25) is 4.90 Å². The number of aliphatic hydroxyl groups is 1. The molecule has 2 N–H and O–H groups in total. The van der Waals surface area contributed by atoms with Crippen LogP contribution in [0.15, 0.2) is 36.7 Å². The van der Waals surface area contributed by atoms with Gasteiger partial charge in [-0.2, -0.15) is 0 Å². The molecule has 2 aliphatic rings. The average molecular weight is 473 g/mol. The normalized spacial score (nSPS) is 19.2. The van der Waals surface area contributed by atoms with Crippen LogP contribution in [0.25, 0.3) is 10.9 Å². The highest BCUT2D eigenvalue weighted by molar-refractivity contribution is 6.31. The molecule has 7 nitrogen and oxygen atoms in total. The minimum atomic E-state index is -0.481. The number of benzene rings is 2. The van der Waals surface area contributed by atoms with E-state index in [4.69, 9.17) is 21.1 Å². The Morgan fingerprint density at radius 2 is 2.09 bits per heavy atom. The summed E-state index contributed by atoms with van der Waals surface area (Å²) in [7, 11) is 1.59. The molecule has 3 aromatic rings. The predicted octanol–water partition coefficient (Wildman–Crippen LogP) is 4.40. The fourth-order valence-corrected chi connectivity index (χ4v) is 4.67. The number of β-amino-alcohol motifs (C(OH)–C–C–N with tert-alkyl or cyclic N) is 1. The van der Waals surface area contributed by atoms with Gasteiger partial charge in [-0.05, 0) is 43.5 Å². The Balaban J connectivity index is 1.29. The van der Waals surface area contributed by atoms with Crippen molar-refractivity contribution in [2.24, 2.45) is 5.41 Å². The molecule has 0 amide bonds. The first-order valence-electron chi connectivity index (χ1n) is 11.1. The number of ether oxygens (including phenoxy) is 2. The molecule has 1 aromatic heterocycles. The Kier molecular flexibility index (Phi) is 5.99. The summed E-state index contributed by atoms with van der Waals surface area (Å²) in [5.41, 5.74) is 1.47. The van der Waals surface area contributed by atoms with Gasteiger partial charge >= 0.3 is 0 Å². The first-order chi connectivity index (χ1) is 16.0. The molecule has 2 aromatic carbocycles. The van der Waals surface area contributed by atoms with Gasteiger partial charge < -0.3 is 19.9 Å². The second-order valence-corrected chi connectivity index (χ2v) is 9.22. The van der Waals surface area contributed by atoms with E-state index in [-0.39, 0.29) is 16.5 Å². The van der Waals surface area contributed by atoms with Gasteiger partial charge in [0.15, 0.2) is 11.5 Å². The maximum absolute atomic E-state index is 13.5. The van der Waals surface area contributed by atoms with Crippen LogP contribution >= 0.6 is 11.6 Å². The number of rotatable bonds is 8. The van der Waals surface area contributed by atoms with E-state index in [1.54, 1.807) is 13.2 Å². The topological polar surface area (TPSA) is 79.7 Å². The minimum absolute atomic E-state index is 0.0298. The Labute approximate surface area is 196 Å². The predicted molar refractivity (Wildman–Crippen MR) is 125 cm³/mol. The molecule has 1 aliphatic carbocycles. The van der Waals surface area contributed by atoms with Crippen LogP contribution in [0.3, 0.4) is 0 Å². The zero-order chi connectivity index (χ0) is 23.0. The van der Waals surface area contributed by atoms with Gasteiger partial charge in [0.05, 0.1) is 30.4 Å². The molecule has 2 fully saturated rings. The quantitative estimate of drug-likeness (QED) is 0.470. The van der Waals surface area contributed by atoms with Gasteiger partial charge in [0, 0.05) is 42.2 Å². The van der Waals surface area contributed by atoms with E-state index in [1.807, 2.05) is 12.1 Å². The van der Waals surface area contributed by atoms with E-state index in [2.05, 4.69) is 20.2 Å². The lowest BCUT2D eigenvalue weighted by atomic mass is 10.0. The zero-order valence-electron chi connectivity index (χ0n) is 18.4. The molecular formula is C24H26ClFN4O3. The van der Waals surface area contributed by atoms with E-state index in [0.717, 1.165) is 44.3 Å². The Hall–Kier alpha value is -2.68. The monoisotopic (exact) mass is 472 g/mol. The first-order valence-corrected chi connectivity index (χ1v) is 11.4. The molecule has 1 atom stereocenters. The lowest BCUT2D eigenvalue weighted by Gasteiger charge is -2.17. The van der Waals surface area contributed by atoms with Crippen LogP contribution in [-0.2, 0) is 0 Å². The fourth-order valence-electron chi connectivity index (χ4n) is 4.49. The van der Waals surface area contributed by atoms with E-state index >= 15 is 0 Å². The molecule has 0 radical (unpaired) electrons. The van der Waals surface area contributed by atoms with Crippen molar-refractivity contribution in [1.29, 1.82) is 0 Å². The SMILES string of the molecule is COc1cc2ncnc(Nc3ccc(F)c(Cl)c3)c2cc1OCCCN1CC(O)C2(CC2)C1. The number of aromatic nitrogens is 2. The number of hydrogen-bond acceptors (Lipinski definition) is 7. The highest BCUT2D eigenvalue weighted by Crippen LogP contribution is 2.52. The number of halogens is 2. The van der Waals surface area contributed by atoms with E-state index < -0.39 is 5.82 Å². The van der Waals surface area contributed by atoms with Crippen molar-refractivity contribution in [2.75, 3.05) is 38.7 Å². The molecule has 1 saturated carbocycles. The van der Waals surface area contributed by atoms with Crippen molar-refractivity contribution in [3.05, 3.63) is 47.5 Å². The summed E-state index contributed by atoms with van der Waals surface area (Å²) in [5, 5.41) is 14.2. The fraction of sp³-hybridized carbons (Fsp3) is 0.417. The smallest absolute Gasteiger partial charge is 0.162 e. The number of methoxy groups -OCH3 is 1. The van der Waals surface area contributed by atoms with Gasteiger partial charge in [0.2, 0.25) is 0 Å². The minimum Gasteiger partial charge on any atom is -0.493 e. The number of fused-ring (bicyclic) bond motifs is 1. The lowest BCUT2D eigenvalue weighted by molar-refractivity contribution is 0.131. The van der Waals surface area contributed by atoms with Gasteiger partial charge in [-0.15, -0.1) is 0 Å². The molecule has 174 valence electrons. The third-order valence-electron chi connectivity index (χ3n) is 6.55. The maximum Gasteiger partial charge on any atom is 0.162 e. The number of aliphatic hydroxyl groups excluding tert-OH is 1. The van der Waals surface area contributed by atoms with Crippen molar-refractivity contribution in [1.82, 2.24) is 14.9 Å². The summed E-state index contributed by atoms with van der Waals surface area (Å²) < 4.78 is 25.1. The standard InChI is InChI=1S/C24H26ClFN4O3/c1-32-20-11-19-16(23(28-14-27-19)29-15-3-4-18(26)17(25)9-15)10-21(20)33-8-2-7-30-12-22(31)24(13-30)5-6-24/h3-4,9-11,14,22,31H,2,5-8,12-13H2,1H3,(H,27,28,29). The lowest BCUT2D eigenvalue weighted by Crippen LogP contribution is -2.24. The summed E-state index contributed by atoms with van der Waals surface area (Å²) in [6, 6.07) is 8.06. The molecular weight excluding hydrogens is 447 g/mol. The molecule has 5 rings (SSSR count). The summed E-state index contributed by atoms with van der Waals surface area (Å²) in [4.78, 5) is 11.0. The third kappa shape index (κ3) is 4.55. The van der Waals surface area contributed by atoms with Crippen LogP contribution in [0, 0.1) is 11.2 Å². The van der Waals surface area contributed by atoms with Crippen molar-refractivity contribution in [3.63, 3.8) is 0 Å². The van der Waals surface area contributed by atoms with Crippen molar-refractivity contribution < 1.29 is 19.0 Å². The van der Waals surface area contributed by atoms with Crippen LogP contribution in [0.2, 0.25) is 5.02 Å². The van der Waals surface area contributed by atoms with E-state index in [0.29, 0.717) is 35.1 Å². The zero-order valence-corrected chi connectivity index (χ0v) is 19.1. The van der Waals surface area contributed by atoms with Gasteiger partial charge in [-0.1, -0.05) is 11.6 Å². The molecule has 0 bridgehead atoms. The molecule has 1 aliphatic heterocycles. The van der Waals surface area contributed by atoms with Crippen molar-refractivity contribution >= 4 is 34.0 Å². The average Bonchev–Trinajstić information content (AvgIpc) is 3.52. The first kappa shape index (κ1) is 22.1. The van der Waals surface area contributed by atoms with Crippen LogP contribution in [0.1, 0.15) is 19.3 Å². The summed E-state index contributed by atoms with van der Waals surface area (Å²) >= 11 is 5.91. The number of nitrogens with one attached hydrogen (secondary N) is 1. The molecule has 33 heavy (non-hydrogen) atoms.